The van der Waals surface area contributed by atoms with E-state index in [1.807, 2.05) is 4.57 Å². The van der Waals surface area contributed by atoms with Crippen LogP contribution in [0.25, 0.3) is 11.0 Å². The Morgan fingerprint density at radius 2 is 1.81 bits per heavy atom. The number of carbonyl (C=O) groups is 1. The Morgan fingerprint density at radius 3 is 2.58 bits per heavy atom. The van der Waals surface area contributed by atoms with Gasteiger partial charge in [0.2, 0.25) is 0 Å². The summed E-state index contributed by atoms with van der Waals surface area (Å²) in [5.41, 5.74) is 1.65. The first-order valence-corrected chi connectivity index (χ1v) is 9.86. The average molecular weight is 461 g/mol. The summed E-state index contributed by atoms with van der Waals surface area (Å²) >= 11 is 12.0. The molecule has 0 aliphatic heterocycles. The van der Waals surface area contributed by atoms with Crippen LogP contribution in [0.5, 0.6) is 11.5 Å². The minimum atomic E-state index is -1.40. The number of carboxylic acid groups (broad SMARTS) is 1. The molecule has 2 aromatic carbocycles. The molecule has 2 aromatic heterocycles. The van der Waals surface area contributed by atoms with Gasteiger partial charge < -0.3 is 19.1 Å². The van der Waals surface area contributed by atoms with Crippen molar-refractivity contribution in [3.63, 3.8) is 0 Å². The summed E-state index contributed by atoms with van der Waals surface area (Å²) in [7, 11) is 0. The highest BCUT2D eigenvalue weighted by molar-refractivity contribution is 6.30. The van der Waals surface area contributed by atoms with Gasteiger partial charge in [0.15, 0.2) is 0 Å². The molecule has 0 unspecified atom stereocenters. The number of ether oxygens (including phenoxy) is 2. The predicted molar refractivity (Wildman–Crippen MR) is 115 cm³/mol. The molecule has 0 aliphatic carbocycles. The van der Waals surface area contributed by atoms with Crippen molar-refractivity contribution in [1.29, 1.82) is 0 Å². The molecule has 2 heterocycles. The van der Waals surface area contributed by atoms with Gasteiger partial charge in [-0.1, -0.05) is 29.3 Å². The molecule has 0 radical (unpaired) electrons. The van der Waals surface area contributed by atoms with Crippen LogP contribution in [-0.2, 0) is 13.2 Å². The zero-order chi connectivity index (χ0) is 22.0. The van der Waals surface area contributed by atoms with Crippen molar-refractivity contribution in [3.05, 3.63) is 87.9 Å². The van der Waals surface area contributed by atoms with Gasteiger partial charge in [0.25, 0.3) is 0 Å². The standard InChI is InChI=1S/C22H15Cl2FN2O4/c23-15-3-4-19(30-12-13-1-2-16(24)10-18(13)25)14(9-15)11-27-8-6-17-20(31-22(28)29)5-7-26-21(17)27/h1-10H,11-12H2,(H,28,29). The van der Waals surface area contributed by atoms with Crippen molar-refractivity contribution in [2.45, 2.75) is 13.2 Å². The summed E-state index contributed by atoms with van der Waals surface area (Å²) in [4.78, 5) is 15.2. The van der Waals surface area contributed by atoms with Crippen LogP contribution in [0.3, 0.4) is 0 Å². The van der Waals surface area contributed by atoms with Crippen molar-refractivity contribution in [3.8, 4) is 11.5 Å². The molecule has 9 heteroatoms. The molecule has 0 bridgehead atoms. The Balaban J connectivity index is 1.62. The molecule has 158 valence electrons. The van der Waals surface area contributed by atoms with Gasteiger partial charge in [-0.25, -0.2) is 14.2 Å². The van der Waals surface area contributed by atoms with Crippen LogP contribution in [-0.4, -0.2) is 20.8 Å². The summed E-state index contributed by atoms with van der Waals surface area (Å²) < 4.78 is 26.6. The monoisotopic (exact) mass is 460 g/mol. The Morgan fingerprint density at radius 1 is 1.03 bits per heavy atom. The normalized spacial score (nSPS) is 10.9. The van der Waals surface area contributed by atoms with Crippen molar-refractivity contribution >= 4 is 40.4 Å². The minimum Gasteiger partial charge on any atom is -0.488 e. The number of hydrogen-bond donors (Lipinski definition) is 1. The molecule has 0 atom stereocenters. The molecule has 1 N–H and O–H groups in total. The zero-order valence-electron chi connectivity index (χ0n) is 15.9. The van der Waals surface area contributed by atoms with E-state index >= 15 is 0 Å². The molecule has 0 saturated carbocycles. The second kappa shape index (κ2) is 8.83. The van der Waals surface area contributed by atoms with Gasteiger partial charge in [0.1, 0.15) is 29.6 Å². The number of hydrogen-bond acceptors (Lipinski definition) is 4. The number of pyridine rings is 1. The Bertz CT molecular complexity index is 1280. The number of benzene rings is 2. The van der Waals surface area contributed by atoms with Crippen molar-refractivity contribution < 1.29 is 23.8 Å². The first-order valence-electron chi connectivity index (χ1n) is 9.10. The van der Waals surface area contributed by atoms with Crippen molar-refractivity contribution in [2.24, 2.45) is 0 Å². The van der Waals surface area contributed by atoms with E-state index in [0.29, 0.717) is 38.9 Å². The van der Waals surface area contributed by atoms with Crippen LogP contribution in [0, 0.1) is 5.82 Å². The Hall–Kier alpha value is -3.29. The quantitative estimate of drug-likeness (QED) is 0.348. The third-order valence-electron chi connectivity index (χ3n) is 4.58. The number of nitrogens with zero attached hydrogens (tertiary/aromatic N) is 2. The van der Waals surface area contributed by atoms with Crippen LogP contribution in [0.1, 0.15) is 11.1 Å². The molecule has 0 amide bonds. The smallest absolute Gasteiger partial charge is 0.488 e. The van der Waals surface area contributed by atoms with Gasteiger partial charge in [0, 0.05) is 39.6 Å². The fourth-order valence-corrected chi connectivity index (χ4v) is 3.52. The Labute approximate surface area is 186 Å². The number of aromatic nitrogens is 2. The first-order chi connectivity index (χ1) is 14.9. The molecule has 4 aromatic rings. The molecule has 31 heavy (non-hydrogen) atoms. The van der Waals surface area contributed by atoms with Gasteiger partial charge in [0.05, 0.1) is 11.9 Å². The number of fused-ring (bicyclic) bond motifs is 1. The number of halogens is 3. The average Bonchev–Trinajstić information content (AvgIpc) is 3.12. The third-order valence-corrected chi connectivity index (χ3v) is 5.05. The Kier molecular flexibility index (Phi) is 5.97. The topological polar surface area (TPSA) is 73.6 Å². The van der Waals surface area contributed by atoms with Crippen LogP contribution in [0.2, 0.25) is 10.0 Å². The van der Waals surface area contributed by atoms with Gasteiger partial charge in [-0.2, -0.15) is 0 Å². The highest BCUT2D eigenvalue weighted by Crippen LogP contribution is 2.29. The second-order valence-corrected chi connectivity index (χ2v) is 7.51. The lowest BCUT2D eigenvalue weighted by Gasteiger charge is -2.14. The second-order valence-electron chi connectivity index (χ2n) is 6.63. The molecular weight excluding hydrogens is 446 g/mol. The number of rotatable bonds is 6. The summed E-state index contributed by atoms with van der Waals surface area (Å²) in [6.07, 6.45) is 1.83. The summed E-state index contributed by atoms with van der Waals surface area (Å²) in [5.74, 6) is 0.269. The summed E-state index contributed by atoms with van der Waals surface area (Å²) in [6.45, 7) is 0.352. The molecular formula is C22H15Cl2FN2O4. The van der Waals surface area contributed by atoms with Gasteiger partial charge in [-0.15, -0.1) is 0 Å². The van der Waals surface area contributed by atoms with E-state index in [4.69, 9.17) is 37.8 Å². The van der Waals surface area contributed by atoms with E-state index < -0.39 is 12.0 Å². The summed E-state index contributed by atoms with van der Waals surface area (Å²) in [5, 5.41) is 10.3. The summed E-state index contributed by atoms with van der Waals surface area (Å²) in [6, 6.07) is 12.7. The van der Waals surface area contributed by atoms with E-state index in [-0.39, 0.29) is 12.4 Å². The maximum Gasteiger partial charge on any atom is 0.511 e. The molecule has 0 saturated heterocycles. The van der Waals surface area contributed by atoms with Crippen molar-refractivity contribution in [1.82, 2.24) is 9.55 Å². The van der Waals surface area contributed by atoms with Gasteiger partial charge in [-0.3, -0.25) is 0 Å². The first kappa shape index (κ1) is 21.0. The fourth-order valence-electron chi connectivity index (χ4n) is 3.17. The van der Waals surface area contributed by atoms with Crippen LogP contribution < -0.4 is 9.47 Å². The highest BCUT2D eigenvalue weighted by atomic mass is 35.5. The molecule has 0 spiro atoms. The van der Waals surface area contributed by atoms with Crippen LogP contribution in [0.4, 0.5) is 9.18 Å². The van der Waals surface area contributed by atoms with E-state index in [2.05, 4.69) is 4.98 Å². The van der Waals surface area contributed by atoms with E-state index in [1.54, 1.807) is 42.6 Å². The van der Waals surface area contributed by atoms with E-state index in [1.165, 1.54) is 18.3 Å². The van der Waals surface area contributed by atoms with Gasteiger partial charge in [-0.05, 0) is 36.4 Å². The van der Waals surface area contributed by atoms with Crippen molar-refractivity contribution in [2.75, 3.05) is 0 Å². The maximum atomic E-state index is 14.1. The lowest BCUT2D eigenvalue weighted by molar-refractivity contribution is 0.145. The molecule has 4 rings (SSSR count). The SMILES string of the molecule is O=C(O)Oc1ccnc2c1ccn2Cc1cc(Cl)ccc1OCc1ccc(Cl)cc1F. The van der Waals surface area contributed by atoms with Gasteiger partial charge >= 0.3 is 6.16 Å². The fraction of sp³-hybridized carbons (Fsp3) is 0.0909. The molecule has 0 fully saturated rings. The predicted octanol–water partition coefficient (Wildman–Crippen LogP) is 6.17. The maximum absolute atomic E-state index is 14.1. The minimum absolute atomic E-state index is 0.0128. The molecule has 0 aliphatic rings. The van der Waals surface area contributed by atoms with E-state index in [9.17, 15) is 9.18 Å². The zero-order valence-corrected chi connectivity index (χ0v) is 17.4. The molecule has 6 nitrogen and oxygen atoms in total. The largest absolute Gasteiger partial charge is 0.511 e. The van der Waals surface area contributed by atoms with Crippen LogP contribution >= 0.6 is 23.2 Å². The lowest BCUT2D eigenvalue weighted by atomic mass is 10.2. The third kappa shape index (κ3) is 4.73. The van der Waals surface area contributed by atoms with E-state index in [0.717, 1.165) is 5.56 Å². The lowest BCUT2D eigenvalue weighted by Crippen LogP contribution is -2.05. The highest BCUT2D eigenvalue weighted by Gasteiger charge is 2.14. The van der Waals surface area contributed by atoms with Crippen LogP contribution in [0.15, 0.2) is 60.9 Å².